The van der Waals surface area contributed by atoms with Crippen LogP contribution in [0.5, 0.6) is 0 Å². The number of carboxylic acid groups (broad SMARTS) is 1. The summed E-state index contributed by atoms with van der Waals surface area (Å²) in [6, 6.07) is 2.59. The van der Waals surface area contributed by atoms with E-state index in [4.69, 9.17) is 5.11 Å². The zero-order valence-corrected chi connectivity index (χ0v) is 10.5. The lowest BCUT2D eigenvalue weighted by molar-refractivity contribution is 0.0503. The molecule has 1 amide bonds. The number of aromatic nitrogens is 1. The highest BCUT2D eigenvalue weighted by molar-refractivity contribution is 5.96. The van der Waals surface area contributed by atoms with Crippen molar-refractivity contribution in [3.8, 4) is 0 Å². The predicted molar refractivity (Wildman–Crippen MR) is 67.0 cm³/mol. The monoisotopic (exact) mass is 264 g/mol. The third kappa shape index (κ3) is 2.90. The van der Waals surface area contributed by atoms with Gasteiger partial charge >= 0.3 is 5.97 Å². The molecule has 0 aliphatic carbocycles. The minimum Gasteiger partial charge on any atom is -0.477 e. The first kappa shape index (κ1) is 13.5. The fourth-order valence-electron chi connectivity index (χ4n) is 2.30. The van der Waals surface area contributed by atoms with Crippen molar-refractivity contribution in [1.82, 2.24) is 9.88 Å². The summed E-state index contributed by atoms with van der Waals surface area (Å²) in [4.78, 5) is 28.5. The fraction of sp³-hybridized carbons (Fsp3) is 0.462. The zero-order valence-electron chi connectivity index (χ0n) is 10.5. The molecule has 102 valence electrons. The lowest BCUT2D eigenvalue weighted by atomic mass is 10.0. The Morgan fingerprint density at radius 1 is 1.42 bits per heavy atom. The van der Waals surface area contributed by atoms with Crippen LogP contribution in [0.2, 0.25) is 0 Å². The van der Waals surface area contributed by atoms with Gasteiger partial charge in [-0.05, 0) is 31.4 Å². The minimum atomic E-state index is -1.16. The Morgan fingerprint density at radius 2 is 2.21 bits per heavy atom. The van der Waals surface area contributed by atoms with E-state index in [0.29, 0.717) is 12.1 Å². The molecule has 0 saturated carbocycles. The lowest BCUT2D eigenvalue weighted by Crippen LogP contribution is -2.45. The number of carboxylic acids is 1. The Morgan fingerprint density at radius 3 is 2.89 bits per heavy atom. The number of aliphatic hydroxyl groups is 1. The van der Waals surface area contributed by atoms with E-state index in [2.05, 4.69) is 4.98 Å². The molecule has 2 N–H and O–H groups in total. The van der Waals surface area contributed by atoms with E-state index in [-0.39, 0.29) is 24.2 Å². The molecule has 0 radical (unpaired) electrons. The first-order chi connectivity index (χ1) is 9.13. The molecular formula is C13H16N2O4. The number of aromatic carboxylic acids is 1. The predicted octanol–water partition coefficient (Wildman–Crippen LogP) is 0.767. The zero-order chi connectivity index (χ0) is 13.8. The molecule has 6 nitrogen and oxygen atoms in total. The van der Waals surface area contributed by atoms with E-state index in [0.717, 1.165) is 19.3 Å². The van der Waals surface area contributed by atoms with Crippen molar-refractivity contribution in [2.45, 2.75) is 25.3 Å². The number of rotatable bonds is 3. The number of nitrogens with zero attached hydrogens (tertiary/aromatic N) is 2. The largest absolute Gasteiger partial charge is 0.477 e. The van der Waals surface area contributed by atoms with Gasteiger partial charge in [0.15, 0.2) is 0 Å². The SMILES string of the molecule is O=C(O)c1cc(C(=O)N2CCCCC2CO)ccn1. The van der Waals surface area contributed by atoms with Crippen LogP contribution in [0.15, 0.2) is 18.3 Å². The third-order valence-electron chi connectivity index (χ3n) is 3.32. The maximum atomic E-state index is 12.3. The van der Waals surface area contributed by atoms with Crippen molar-refractivity contribution in [1.29, 1.82) is 0 Å². The number of hydrogen-bond donors (Lipinski definition) is 2. The van der Waals surface area contributed by atoms with Crippen LogP contribution >= 0.6 is 0 Å². The average molecular weight is 264 g/mol. The molecule has 1 aromatic heterocycles. The molecule has 1 atom stereocenters. The molecule has 1 aliphatic rings. The van der Waals surface area contributed by atoms with Crippen LogP contribution in [0.4, 0.5) is 0 Å². The highest BCUT2D eigenvalue weighted by Crippen LogP contribution is 2.19. The number of piperidine rings is 1. The molecule has 6 heteroatoms. The summed E-state index contributed by atoms with van der Waals surface area (Å²) in [5, 5.41) is 18.2. The highest BCUT2D eigenvalue weighted by Gasteiger charge is 2.27. The second kappa shape index (κ2) is 5.79. The van der Waals surface area contributed by atoms with E-state index in [1.807, 2.05) is 0 Å². The molecule has 1 unspecified atom stereocenters. The number of aliphatic hydroxyl groups excluding tert-OH is 1. The summed E-state index contributed by atoms with van der Waals surface area (Å²) in [5.74, 6) is -1.41. The molecule has 0 bridgehead atoms. The summed E-state index contributed by atoms with van der Waals surface area (Å²) in [5.41, 5.74) is 0.149. The molecule has 19 heavy (non-hydrogen) atoms. The second-order valence-corrected chi connectivity index (χ2v) is 4.57. The van der Waals surface area contributed by atoms with Gasteiger partial charge < -0.3 is 15.1 Å². The summed E-state index contributed by atoms with van der Waals surface area (Å²) < 4.78 is 0. The van der Waals surface area contributed by atoms with Crippen molar-refractivity contribution < 1.29 is 19.8 Å². The van der Waals surface area contributed by atoms with Crippen LogP contribution < -0.4 is 0 Å². The number of pyridine rings is 1. The van der Waals surface area contributed by atoms with E-state index in [1.54, 1.807) is 4.90 Å². The Labute approximate surface area is 110 Å². The summed E-state index contributed by atoms with van der Waals surface area (Å²) in [6.45, 7) is 0.525. The van der Waals surface area contributed by atoms with Crippen LogP contribution in [-0.2, 0) is 0 Å². The van der Waals surface area contributed by atoms with Crippen molar-refractivity contribution in [3.63, 3.8) is 0 Å². The highest BCUT2D eigenvalue weighted by atomic mass is 16.4. The maximum absolute atomic E-state index is 12.3. The first-order valence-electron chi connectivity index (χ1n) is 6.24. The van der Waals surface area contributed by atoms with Crippen LogP contribution in [-0.4, -0.2) is 51.2 Å². The Kier molecular flexibility index (Phi) is 4.11. The Balaban J connectivity index is 2.22. The number of likely N-dealkylation sites (tertiary alicyclic amines) is 1. The summed E-state index contributed by atoms with van der Waals surface area (Å²) in [6.07, 6.45) is 3.98. The standard InChI is InChI=1S/C13H16N2O4/c16-8-10-3-1-2-6-15(10)12(17)9-4-5-14-11(7-9)13(18)19/h4-5,7,10,16H,1-3,6,8H2,(H,18,19). The molecule has 1 aromatic rings. The van der Waals surface area contributed by atoms with Gasteiger partial charge in [0, 0.05) is 18.3 Å². The molecule has 1 fully saturated rings. The molecule has 0 spiro atoms. The summed E-state index contributed by atoms with van der Waals surface area (Å²) in [7, 11) is 0. The number of amides is 1. The van der Waals surface area contributed by atoms with Crippen molar-refractivity contribution in [2.75, 3.05) is 13.2 Å². The van der Waals surface area contributed by atoms with Gasteiger partial charge in [0.2, 0.25) is 0 Å². The fourth-order valence-corrected chi connectivity index (χ4v) is 2.30. The van der Waals surface area contributed by atoms with Gasteiger partial charge in [-0.1, -0.05) is 0 Å². The van der Waals surface area contributed by atoms with E-state index >= 15 is 0 Å². The van der Waals surface area contributed by atoms with Gasteiger partial charge in [-0.2, -0.15) is 0 Å². The van der Waals surface area contributed by atoms with E-state index in [1.165, 1.54) is 18.3 Å². The molecule has 2 rings (SSSR count). The maximum Gasteiger partial charge on any atom is 0.354 e. The van der Waals surface area contributed by atoms with Gasteiger partial charge in [-0.25, -0.2) is 9.78 Å². The first-order valence-corrected chi connectivity index (χ1v) is 6.24. The quantitative estimate of drug-likeness (QED) is 0.841. The van der Waals surface area contributed by atoms with E-state index in [9.17, 15) is 14.7 Å². The lowest BCUT2D eigenvalue weighted by Gasteiger charge is -2.34. The van der Waals surface area contributed by atoms with Crippen LogP contribution in [0.25, 0.3) is 0 Å². The molecular weight excluding hydrogens is 248 g/mol. The van der Waals surface area contributed by atoms with Crippen LogP contribution in [0.3, 0.4) is 0 Å². The number of carbonyl (C=O) groups excluding carboxylic acids is 1. The van der Waals surface area contributed by atoms with Gasteiger partial charge in [-0.15, -0.1) is 0 Å². The van der Waals surface area contributed by atoms with Crippen LogP contribution in [0, 0.1) is 0 Å². The molecule has 0 aromatic carbocycles. The van der Waals surface area contributed by atoms with Gasteiger partial charge in [-0.3, -0.25) is 4.79 Å². The molecule has 1 saturated heterocycles. The topological polar surface area (TPSA) is 90.7 Å². The smallest absolute Gasteiger partial charge is 0.354 e. The number of carbonyl (C=O) groups is 2. The van der Waals surface area contributed by atoms with Gasteiger partial charge in [0.25, 0.3) is 5.91 Å². The van der Waals surface area contributed by atoms with Crippen LogP contribution in [0.1, 0.15) is 40.1 Å². The normalized spacial score (nSPS) is 19.2. The molecule has 2 heterocycles. The second-order valence-electron chi connectivity index (χ2n) is 4.57. The van der Waals surface area contributed by atoms with Gasteiger partial charge in [0.1, 0.15) is 5.69 Å². The summed E-state index contributed by atoms with van der Waals surface area (Å²) >= 11 is 0. The third-order valence-corrected chi connectivity index (χ3v) is 3.32. The van der Waals surface area contributed by atoms with E-state index < -0.39 is 5.97 Å². The van der Waals surface area contributed by atoms with Crippen molar-refractivity contribution in [3.05, 3.63) is 29.6 Å². The molecule has 1 aliphatic heterocycles. The Hall–Kier alpha value is -1.95. The minimum absolute atomic E-state index is 0.0669. The van der Waals surface area contributed by atoms with Gasteiger partial charge in [0.05, 0.1) is 12.6 Å². The Bertz CT molecular complexity index is 489. The number of hydrogen-bond acceptors (Lipinski definition) is 4. The van der Waals surface area contributed by atoms with Crippen molar-refractivity contribution in [2.24, 2.45) is 0 Å². The van der Waals surface area contributed by atoms with Crippen molar-refractivity contribution >= 4 is 11.9 Å². The average Bonchev–Trinajstić information content (AvgIpc) is 2.46.